The largest absolute Gasteiger partial charge is 0.468 e. The molecule has 0 aliphatic heterocycles. The zero-order valence-corrected chi connectivity index (χ0v) is 11.2. The Morgan fingerprint density at radius 1 is 1.38 bits per heavy atom. The average molecular weight is 227 g/mol. The molecular formula is C13H25NO2. The van der Waals surface area contributed by atoms with E-state index in [-0.39, 0.29) is 11.4 Å². The number of hydrogen-bond acceptors (Lipinski definition) is 3. The van der Waals surface area contributed by atoms with Crippen molar-refractivity contribution in [2.24, 2.45) is 11.3 Å². The molecule has 0 aromatic rings. The topological polar surface area (TPSA) is 38.3 Å². The van der Waals surface area contributed by atoms with Gasteiger partial charge in [0.2, 0.25) is 0 Å². The van der Waals surface area contributed by atoms with Gasteiger partial charge in [-0.25, -0.2) is 0 Å². The van der Waals surface area contributed by atoms with E-state index in [9.17, 15) is 4.79 Å². The molecule has 94 valence electrons. The number of nitrogens with one attached hydrogen (secondary N) is 1. The van der Waals surface area contributed by atoms with Crippen molar-refractivity contribution in [3.8, 4) is 0 Å². The minimum absolute atomic E-state index is 0.102. The summed E-state index contributed by atoms with van der Waals surface area (Å²) in [5.74, 6) is 0.237. The first-order valence-electron chi connectivity index (χ1n) is 6.16. The number of hydrogen-bond donors (Lipinski definition) is 1. The van der Waals surface area contributed by atoms with E-state index in [4.69, 9.17) is 4.74 Å². The Bertz CT molecular complexity index is 257. The van der Waals surface area contributed by atoms with Crippen LogP contribution in [0.25, 0.3) is 0 Å². The molecule has 1 N–H and O–H groups in total. The number of likely N-dealkylation sites (N-methyl/N-ethyl adjacent to an activating group) is 1. The van der Waals surface area contributed by atoms with E-state index in [1.807, 2.05) is 7.05 Å². The third kappa shape index (κ3) is 2.24. The highest BCUT2D eigenvalue weighted by Crippen LogP contribution is 2.44. The summed E-state index contributed by atoms with van der Waals surface area (Å²) in [7, 11) is 3.36. The highest BCUT2D eigenvalue weighted by atomic mass is 16.5. The van der Waals surface area contributed by atoms with E-state index in [0.29, 0.717) is 5.92 Å². The summed E-state index contributed by atoms with van der Waals surface area (Å²) < 4.78 is 5.01. The summed E-state index contributed by atoms with van der Waals surface area (Å²) in [4.78, 5) is 12.1. The van der Waals surface area contributed by atoms with Crippen LogP contribution in [0.2, 0.25) is 0 Å². The van der Waals surface area contributed by atoms with Crippen molar-refractivity contribution in [3.05, 3.63) is 0 Å². The summed E-state index contributed by atoms with van der Waals surface area (Å²) in [5, 5.41) is 3.25. The Morgan fingerprint density at radius 2 is 2.00 bits per heavy atom. The molecule has 0 aromatic heterocycles. The molecule has 3 nitrogen and oxygen atoms in total. The molecule has 0 saturated heterocycles. The highest BCUT2D eigenvalue weighted by Gasteiger charge is 2.51. The van der Waals surface area contributed by atoms with Crippen LogP contribution in [-0.4, -0.2) is 25.7 Å². The molecule has 1 rings (SSSR count). The van der Waals surface area contributed by atoms with Crippen LogP contribution in [0.15, 0.2) is 0 Å². The lowest BCUT2D eigenvalue weighted by Crippen LogP contribution is -2.61. The average Bonchev–Trinajstić information content (AvgIpc) is 2.26. The van der Waals surface area contributed by atoms with Gasteiger partial charge in [0, 0.05) is 0 Å². The van der Waals surface area contributed by atoms with Gasteiger partial charge in [-0.3, -0.25) is 4.79 Å². The zero-order chi connectivity index (χ0) is 12.4. The fourth-order valence-electron chi connectivity index (χ4n) is 3.17. The van der Waals surface area contributed by atoms with E-state index in [1.54, 1.807) is 0 Å². The lowest BCUT2D eigenvalue weighted by molar-refractivity contribution is -0.155. The van der Waals surface area contributed by atoms with Crippen LogP contribution in [-0.2, 0) is 9.53 Å². The molecule has 1 aliphatic rings. The van der Waals surface area contributed by atoms with Crippen molar-refractivity contribution in [1.29, 1.82) is 0 Å². The Hall–Kier alpha value is -0.570. The first kappa shape index (κ1) is 13.5. The summed E-state index contributed by atoms with van der Waals surface area (Å²) in [6, 6.07) is 0. The van der Waals surface area contributed by atoms with E-state index in [1.165, 1.54) is 13.5 Å². The minimum atomic E-state index is -0.481. The van der Waals surface area contributed by atoms with Crippen molar-refractivity contribution in [1.82, 2.24) is 5.32 Å². The summed E-state index contributed by atoms with van der Waals surface area (Å²) in [6.07, 6.45) is 4.29. The zero-order valence-electron chi connectivity index (χ0n) is 11.2. The van der Waals surface area contributed by atoms with Crippen LogP contribution in [0.1, 0.15) is 46.5 Å². The van der Waals surface area contributed by atoms with E-state index in [0.717, 1.165) is 19.3 Å². The van der Waals surface area contributed by atoms with Gasteiger partial charge in [0.1, 0.15) is 5.54 Å². The van der Waals surface area contributed by atoms with Crippen molar-refractivity contribution in [3.63, 3.8) is 0 Å². The number of esters is 1. The first-order valence-corrected chi connectivity index (χ1v) is 6.16. The Balaban J connectivity index is 3.06. The number of rotatable bonds is 2. The standard InChI is InChI=1S/C13H25NO2/c1-12(2,3)10-8-6-7-9-13(10,14-4)11(15)16-5/h10,14H,6-9H2,1-5H3. The van der Waals surface area contributed by atoms with Crippen LogP contribution in [0.4, 0.5) is 0 Å². The van der Waals surface area contributed by atoms with Crippen molar-refractivity contribution >= 4 is 5.97 Å². The molecule has 0 amide bonds. The summed E-state index contributed by atoms with van der Waals surface area (Å²) >= 11 is 0. The van der Waals surface area contributed by atoms with Gasteiger partial charge in [0.25, 0.3) is 0 Å². The van der Waals surface area contributed by atoms with Crippen LogP contribution in [0, 0.1) is 11.3 Å². The van der Waals surface area contributed by atoms with Gasteiger partial charge in [-0.1, -0.05) is 33.6 Å². The molecule has 1 aliphatic carbocycles. The first-order chi connectivity index (χ1) is 7.38. The quantitative estimate of drug-likeness (QED) is 0.736. The maximum absolute atomic E-state index is 12.1. The van der Waals surface area contributed by atoms with E-state index >= 15 is 0 Å². The van der Waals surface area contributed by atoms with Gasteiger partial charge in [-0.15, -0.1) is 0 Å². The molecule has 1 fully saturated rings. The third-order valence-corrected chi connectivity index (χ3v) is 3.95. The second-order valence-corrected chi connectivity index (χ2v) is 5.88. The van der Waals surface area contributed by atoms with Crippen molar-refractivity contribution < 1.29 is 9.53 Å². The predicted molar refractivity (Wildman–Crippen MR) is 65.2 cm³/mol. The fourth-order valence-corrected chi connectivity index (χ4v) is 3.17. The Labute approximate surface area is 98.9 Å². The van der Waals surface area contributed by atoms with Crippen molar-refractivity contribution in [2.45, 2.75) is 52.0 Å². The van der Waals surface area contributed by atoms with Crippen LogP contribution < -0.4 is 5.32 Å². The fraction of sp³-hybridized carbons (Fsp3) is 0.923. The molecule has 3 heteroatoms. The summed E-state index contributed by atoms with van der Waals surface area (Å²) in [6.45, 7) is 6.62. The predicted octanol–water partition coefficient (Wildman–Crippen LogP) is 2.35. The molecule has 0 aromatic carbocycles. The Morgan fingerprint density at radius 3 is 2.44 bits per heavy atom. The summed E-state index contributed by atoms with van der Waals surface area (Å²) in [5.41, 5.74) is -0.358. The second-order valence-electron chi connectivity index (χ2n) is 5.88. The molecule has 2 atom stereocenters. The van der Waals surface area contributed by atoms with Gasteiger partial charge in [-0.2, -0.15) is 0 Å². The van der Waals surface area contributed by atoms with Gasteiger partial charge in [0.15, 0.2) is 0 Å². The van der Waals surface area contributed by atoms with E-state index < -0.39 is 5.54 Å². The number of methoxy groups -OCH3 is 1. The van der Waals surface area contributed by atoms with E-state index in [2.05, 4.69) is 26.1 Å². The second kappa shape index (κ2) is 4.74. The number of carbonyl (C=O) groups excluding carboxylic acids is 1. The number of carbonyl (C=O) groups is 1. The lowest BCUT2D eigenvalue weighted by Gasteiger charge is -2.47. The van der Waals surface area contributed by atoms with Crippen LogP contribution in [0.5, 0.6) is 0 Å². The molecule has 0 heterocycles. The molecular weight excluding hydrogens is 202 g/mol. The molecule has 0 spiro atoms. The maximum Gasteiger partial charge on any atom is 0.326 e. The maximum atomic E-state index is 12.1. The Kier molecular flexibility index (Phi) is 4.00. The van der Waals surface area contributed by atoms with Gasteiger partial charge < -0.3 is 10.1 Å². The van der Waals surface area contributed by atoms with Crippen LogP contribution >= 0.6 is 0 Å². The molecule has 1 saturated carbocycles. The SMILES string of the molecule is CNC1(C(=O)OC)CCCCC1C(C)(C)C. The number of ether oxygens (including phenoxy) is 1. The monoisotopic (exact) mass is 227 g/mol. The smallest absolute Gasteiger partial charge is 0.326 e. The van der Waals surface area contributed by atoms with Gasteiger partial charge in [-0.05, 0) is 31.2 Å². The molecule has 0 radical (unpaired) electrons. The molecule has 16 heavy (non-hydrogen) atoms. The van der Waals surface area contributed by atoms with Crippen LogP contribution in [0.3, 0.4) is 0 Å². The van der Waals surface area contributed by atoms with Gasteiger partial charge in [0.05, 0.1) is 7.11 Å². The minimum Gasteiger partial charge on any atom is -0.468 e. The normalized spacial score (nSPS) is 31.2. The third-order valence-electron chi connectivity index (χ3n) is 3.95. The molecule has 2 unspecified atom stereocenters. The van der Waals surface area contributed by atoms with Gasteiger partial charge >= 0.3 is 5.97 Å². The highest BCUT2D eigenvalue weighted by molar-refractivity contribution is 5.81. The lowest BCUT2D eigenvalue weighted by atomic mass is 9.62. The van der Waals surface area contributed by atoms with Crippen molar-refractivity contribution in [2.75, 3.05) is 14.2 Å². The molecule has 0 bridgehead atoms.